The minimum Gasteiger partial charge on any atom is -0.313 e. The van der Waals surface area contributed by atoms with Gasteiger partial charge in [-0.05, 0) is 0 Å². The summed E-state index contributed by atoms with van der Waals surface area (Å²) in [5, 5.41) is 1.99. The van der Waals surface area contributed by atoms with Gasteiger partial charge >= 0.3 is 0 Å². The van der Waals surface area contributed by atoms with Crippen LogP contribution in [0.25, 0.3) is 0 Å². The first-order chi connectivity index (χ1) is 13.9. The van der Waals surface area contributed by atoms with Gasteiger partial charge in [-0.15, -0.1) is 0 Å². The van der Waals surface area contributed by atoms with Crippen molar-refractivity contribution in [2.24, 2.45) is 0 Å². The van der Waals surface area contributed by atoms with Gasteiger partial charge in [0.1, 0.15) is 14.3 Å². The van der Waals surface area contributed by atoms with Gasteiger partial charge in [-0.1, -0.05) is 126 Å². The van der Waals surface area contributed by atoms with Crippen molar-refractivity contribution in [1.82, 2.24) is 0 Å². The van der Waals surface area contributed by atoms with E-state index in [-0.39, 0.29) is 0 Å². The quantitative estimate of drug-likeness (QED) is 0.475. The molecule has 0 radical (unpaired) electrons. The molecule has 3 rings (SSSR count). The van der Waals surface area contributed by atoms with Gasteiger partial charge in [-0.3, -0.25) is 0 Å². The molecule has 0 heterocycles. The fourth-order valence-electron chi connectivity index (χ4n) is 4.05. The fraction of sp³-hybridized carbons (Fsp3) is 0.308. The Balaban J connectivity index is 2.43. The molecule has 0 aliphatic carbocycles. The van der Waals surface area contributed by atoms with E-state index in [1.54, 1.807) is 0 Å². The first-order valence-corrected chi connectivity index (χ1v) is 13.8. The molecule has 0 aliphatic heterocycles. The average Bonchev–Trinajstić information content (AvgIpc) is 2.72. The molecule has 0 saturated heterocycles. The molecule has 3 aromatic carbocycles. The van der Waals surface area contributed by atoms with Crippen LogP contribution in [0.2, 0.25) is 0 Å². The van der Waals surface area contributed by atoms with Crippen LogP contribution >= 0.6 is 14.3 Å². The zero-order chi connectivity index (χ0) is 22.2. The molecule has 0 amide bonds. The molecular weight excluding hydrogens is 406 g/mol. The molecule has 1 unspecified atom stereocenters. The zero-order valence-electron chi connectivity index (χ0n) is 18.8. The van der Waals surface area contributed by atoms with Crippen LogP contribution in [0.15, 0.2) is 84.9 Å². The van der Waals surface area contributed by atoms with Crippen molar-refractivity contribution in [3.63, 3.8) is 0 Å². The van der Waals surface area contributed by atoms with Crippen molar-refractivity contribution in [3.05, 3.63) is 84.9 Å². The molecule has 3 aromatic rings. The molecule has 0 fully saturated rings. The third-order valence-corrected chi connectivity index (χ3v) is 13.8. The summed E-state index contributed by atoms with van der Waals surface area (Å²) in [6.45, 7) is 12.1. The highest BCUT2D eigenvalue weighted by atomic mass is 31.2. The summed E-state index contributed by atoms with van der Waals surface area (Å²) < 4.78 is 29.9. The predicted octanol–water partition coefficient (Wildman–Crippen LogP) is 5.91. The molecular formula is C26H32O2P2. The highest BCUT2D eigenvalue weighted by Gasteiger charge is 2.47. The Kier molecular flexibility index (Phi) is 6.07. The largest absolute Gasteiger partial charge is 0.313 e. The molecule has 2 nitrogen and oxygen atoms in total. The lowest BCUT2D eigenvalue weighted by Gasteiger charge is -2.38. The Morgan fingerprint density at radius 1 is 0.467 bits per heavy atom. The van der Waals surface area contributed by atoms with E-state index in [0.29, 0.717) is 10.6 Å². The standard InChI is InChI=1S/C26H32O2P2/c1-25(2,3)29(27,21-15-9-7-10-16-21)23-19-13-14-20-24(23)30(28,26(4,5)6)22-17-11-8-12-18-22/h7-20H,1-6H3/t29-,30?/m0/s1. The predicted molar refractivity (Wildman–Crippen MR) is 133 cm³/mol. The lowest BCUT2D eigenvalue weighted by Crippen LogP contribution is -2.42. The molecule has 0 bridgehead atoms. The van der Waals surface area contributed by atoms with Crippen LogP contribution in [0.4, 0.5) is 0 Å². The van der Waals surface area contributed by atoms with Gasteiger partial charge in [0.2, 0.25) is 0 Å². The lowest BCUT2D eigenvalue weighted by atomic mass is 10.2. The minimum atomic E-state index is -3.10. The summed E-state index contributed by atoms with van der Waals surface area (Å²) >= 11 is 0. The van der Waals surface area contributed by atoms with E-state index >= 15 is 0 Å². The van der Waals surface area contributed by atoms with Gasteiger partial charge in [0.05, 0.1) is 0 Å². The normalized spacial score (nSPS) is 16.5. The first kappa shape index (κ1) is 22.8. The van der Waals surface area contributed by atoms with Gasteiger partial charge < -0.3 is 9.13 Å². The molecule has 4 heteroatoms. The smallest absolute Gasteiger partial charge is 0.149 e. The molecule has 158 valence electrons. The van der Waals surface area contributed by atoms with Crippen LogP contribution in [0.3, 0.4) is 0 Å². The Hall–Kier alpha value is -1.88. The van der Waals surface area contributed by atoms with E-state index in [1.807, 2.05) is 126 Å². The van der Waals surface area contributed by atoms with Crippen LogP contribution in [0.5, 0.6) is 0 Å². The van der Waals surface area contributed by atoms with Crippen molar-refractivity contribution >= 4 is 35.5 Å². The van der Waals surface area contributed by atoms with E-state index < -0.39 is 24.6 Å². The maximum absolute atomic E-state index is 14.9. The van der Waals surface area contributed by atoms with E-state index in [2.05, 4.69) is 0 Å². The molecule has 30 heavy (non-hydrogen) atoms. The van der Waals surface area contributed by atoms with Crippen molar-refractivity contribution < 1.29 is 9.13 Å². The van der Waals surface area contributed by atoms with E-state index in [9.17, 15) is 9.13 Å². The van der Waals surface area contributed by atoms with Crippen LogP contribution < -0.4 is 21.2 Å². The van der Waals surface area contributed by atoms with Crippen molar-refractivity contribution in [3.8, 4) is 0 Å². The Morgan fingerprint density at radius 2 is 0.733 bits per heavy atom. The summed E-state index contributed by atoms with van der Waals surface area (Å²) in [6.07, 6.45) is 0. The summed E-state index contributed by atoms with van der Waals surface area (Å²) in [7, 11) is -6.21. The van der Waals surface area contributed by atoms with Crippen molar-refractivity contribution in [2.45, 2.75) is 51.9 Å². The van der Waals surface area contributed by atoms with E-state index in [4.69, 9.17) is 0 Å². The van der Waals surface area contributed by atoms with Crippen LogP contribution in [0.1, 0.15) is 41.5 Å². The lowest BCUT2D eigenvalue weighted by molar-refractivity contribution is 0.561. The van der Waals surface area contributed by atoms with Gasteiger partial charge in [-0.25, -0.2) is 0 Å². The van der Waals surface area contributed by atoms with Crippen molar-refractivity contribution in [1.29, 1.82) is 0 Å². The first-order valence-electron chi connectivity index (χ1n) is 10.4. The van der Waals surface area contributed by atoms with Gasteiger partial charge in [-0.2, -0.15) is 0 Å². The summed E-state index contributed by atoms with van der Waals surface area (Å²) in [4.78, 5) is 0. The SMILES string of the molecule is CC(C)(C)P(=O)(c1ccccc1)c1ccccc1[P@@](=O)(c1ccccc1)C(C)(C)C. The second-order valence-corrected chi connectivity index (χ2v) is 16.8. The average molecular weight is 438 g/mol. The summed E-state index contributed by atoms with van der Waals surface area (Å²) in [5.74, 6) is 0. The highest BCUT2D eigenvalue weighted by molar-refractivity contribution is 7.85. The van der Waals surface area contributed by atoms with Crippen LogP contribution in [0, 0.1) is 0 Å². The molecule has 0 saturated carbocycles. The highest BCUT2D eigenvalue weighted by Crippen LogP contribution is 2.60. The second-order valence-electron chi connectivity index (χ2n) is 9.72. The molecule has 0 aliphatic rings. The topological polar surface area (TPSA) is 34.1 Å². The van der Waals surface area contributed by atoms with Gasteiger partial charge in [0, 0.05) is 31.5 Å². The third kappa shape index (κ3) is 3.66. The zero-order valence-corrected chi connectivity index (χ0v) is 20.6. The maximum Gasteiger partial charge on any atom is 0.149 e. The Morgan fingerprint density at radius 3 is 1.00 bits per heavy atom. The Labute approximate surface area is 181 Å². The van der Waals surface area contributed by atoms with Crippen LogP contribution in [-0.4, -0.2) is 10.3 Å². The molecule has 0 spiro atoms. The third-order valence-electron chi connectivity index (χ3n) is 5.69. The van der Waals surface area contributed by atoms with Crippen molar-refractivity contribution in [2.75, 3.05) is 0 Å². The number of rotatable bonds is 4. The minimum absolute atomic E-state index is 0.524. The summed E-state index contributed by atoms with van der Waals surface area (Å²) in [6, 6.07) is 27.0. The maximum atomic E-state index is 14.9. The Bertz CT molecular complexity index is 1010. The number of benzene rings is 3. The second kappa shape index (κ2) is 7.99. The fourth-order valence-corrected chi connectivity index (χ4v) is 11.0. The van der Waals surface area contributed by atoms with E-state index in [1.165, 1.54) is 0 Å². The number of hydrogen-bond acceptors (Lipinski definition) is 2. The van der Waals surface area contributed by atoms with Crippen LogP contribution in [-0.2, 0) is 9.13 Å². The summed E-state index contributed by atoms with van der Waals surface area (Å²) in [5.41, 5.74) is 0. The monoisotopic (exact) mass is 438 g/mol. The van der Waals surface area contributed by atoms with E-state index in [0.717, 1.165) is 10.6 Å². The van der Waals surface area contributed by atoms with Gasteiger partial charge in [0.15, 0.2) is 0 Å². The molecule has 0 N–H and O–H groups in total. The van der Waals surface area contributed by atoms with Gasteiger partial charge in [0.25, 0.3) is 0 Å². The number of hydrogen-bond donors (Lipinski definition) is 0. The molecule has 2 atom stereocenters. The molecule has 0 aromatic heterocycles.